The van der Waals surface area contributed by atoms with E-state index >= 15 is 0 Å². The first-order valence-corrected chi connectivity index (χ1v) is 16.1. The number of nitrogens with zero attached hydrogens (tertiary/aromatic N) is 2. The molecule has 2 fully saturated rings. The quantitative estimate of drug-likeness (QED) is 0.278. The Balaban J connectivity index is 1.16. The number of oxime groups is 1. The van der Waals surface area contributed by atoms with Crippen molar-refractivity contribution in [3.05, 3.63) is 83.7 Å². The van der Waals surface area contributed by atoms with Gasteiger partial charge in [-0.25, -0.2) is 9.59 Å². The van der Waals surface area contributed by atoms with Crippen LogP contribution in [0, 0.1) is 28.6 Å². The molecular formula is C37H45N3O4. The summed E-state index contributed by atoms with van der Waals surface area (Å²) in [5.41, 5.74) is 5.26. The highest BCUT2D eigenvalue weighted by Gasteiger charge is 2.57. The first-order valence-electron chi connectivity index (χ1n) is 16.1. The number of benzene rings is 1. The monoisotopic (exact) mass is 595 g/mol. The molecule has 1 N–H and O–H groups in total. The zero-order valence-electron chi connectivity index (χ0n) is 26.6. The molecule has 1 aromatic carbocycles. The van der Waals surface area contributed by atoms with Crippen LogP contribution in [0.4, 0.5) is 4.79 Å². The number of hydrogen-bond donors (Lipinski definition) is 1. The van der Waals surface area contributed by atoms with Crippen LogP contribution < -0.4 is 5.32 Å². The van der Waals surface area contributed by atoms with E-state index < -0.39 is 23.7 Å². The molecule has 1 aromatic heterocycles. The van der Waals surface area contributed by atoms with E-state index in [1.165, 1.54) is 36.0 Å². The molecule has 1 heterocycles. The van der Waals surface area contributed by atoms with Gasteiger partial charge in [-0.05, 0) is 123 Å². The van der Waals surface area contributed by atoms with Crippen LogP contribution in [0.1, 0.15) is 96.7 Å². The van der Waals surface area contributed by atoms with E-state index in [0.717, 1.165) is 31.4 Å². The molecule has 1 amide bonds. The van der Waals surface area contributed by atoms with Gasteiger partial charge in [0.05, 0.1) is 5.71 Å². The van der Waals surface area contributed by atoms with Crippen LogP contribution >= 0.6 is 0 Å². The zero-order valence-corrected chi connectivity index (χ0v) is 26.6. The van der Waals surface area contributed by atoms with E-state index in [4.69, 9.17) is 9.57 Å². The van der Waals surface area contributed by atoms with Crippen molar-refractivity contribution in [1.29, 1.82) is 0 Å². The molecule has 4 aliphatic carbocycles. The third kappa shape index (κ3) is 5.73. The van der Waals surface area contributed by atoms with Crippen molar-refractivity contribution in [3.63, 3.8) is 0 Å². The first-order chi connectivity index (χ1) is 21.0. The summed E-state index contributed by atoms with van der Waals surface area (Å²) in [6.45, 7) is 10.3. The number of alkyl carbamates (subject to hydrolysis) is 1. The van der Waals surface area contributed by atoms with Gasteiger partial charge in [0.25, 0.3) is 0 Å². The molecular weight excluding hydrogens is 550 g/mol. The second-order valence-corrected chi connectivity index (χ2v) is 14.5. The topological polar surface area (TPSA) is 89.9 Å². The van der Waals surface area contributed by atoms with Crippen LogP contribution in [0.2, 0.25) is 0 Å². The lowest BCUT2D eigenvalue weighted by Gasteiger charge is -2.58. The number of nitrogens with one attached hydrogen (secondary N) is 1. The minimum Gasteiger partial charge on any atom is -0.444 e. The highest BCUT2D eigenvalue weighted by molar-refractivity contribution is 5.97. The van der Waals surface area contributed by atoms with Gasteiger partial charge in [-0.2, -0.15) is 0 Å². The summed E-state index contributed by atoms with van der Waals surface area (Å²) in [5.74, 6) is 1.36. The van der Waals surface area contributed by atoms with E-state index in [9.17, 15) is 9.59 Å². The second kappa shape index (κ2) is 11.6. The highest BCUT2D eigenvalue weighted by Crippen LogP contribution is 2.66. The standard InChI is InChI=1S/C37H45N3O4/c1-35(2,3)43-34(42)39-32(24-10-7-6-8-11-24)33(41)44-40-27-17-19-36(4)26(22-27)13-14-28-30-16-15-29(25-12-9-21-38-23-25)37(30,5)20-18-31(28)36/h6-12,15,21-23,28,30-32H,13-14,16-20H2,1-5H3,(H,39,42)/t28-,30+,31+,32?,36+,37-/m1/s1. The molecule has 2 saturated carbocycles. The summed E-state index contributed by atoms with van der Waals surface area (Å²) in [7, 11) is 0. The summed E-state index contributed by atoms with van der Waals surface area (Å²) in [6.07, 6.45) is 15.5. The van der Waals surface area contributed by atoms with Crippen molar-refractivity contribution in [1.82, 2.24) is 10.3 Å². The lowest BCUT2D eigenvalue weighted by atomic mass is 9.46. The number of hydrogen-bond acceptors (Lipinski definition) is 6. The van der Waals surface area contributed by atoms with Crippen LogP contribution in [-0.2, 0) is 14.4 Å². The number of rotatable bonds is 5. The Bertz CT molecular complexity index is 1490. The fraction of sp³-hybridized carbons (Fsp3) is 0.514. The van der Waals surface area contributed by atoms with Crippen LogP contribution in [-0.4, -0.2) is 28.4 Å². The van der Waals surface area contributed by atoms with Crippen molar-refractivity contribution in [3.8, 4) is 0 Å². The minimum atomic E-state index is -1.03. The number of aromatic nitrogens is 1. The Labute approximate surface area is 261 Å². The van der Waals surface area contributed by atoms with E-state index in [2.05, 4.69) is 53.6 Å². The van der Waals surface area contributed by atoms with E-state index in [-0.39, 0.29) is 10.8 Å². The summed E-state index contributed by atoms with van der Waals surface area (Å²) in [4.78, 5) is 35.7. The van der Waals surface area contributed by atoms with Crippen molar-refractivity contribution in [2.45, 2.75) is 91.2 Å². The van der Waals surface area contributed by atoms with Gasteiger partial charge in [0.15, 0.2) is 6.04 Å². The van der Waals surface area contributed by atoms with Gasteiger partial charge in [0.1, 0.15) is 5.60 Å². The van der Waals surface area contributed by atoms with Crippen molar-refractivity contribution < 1.29 is 19.2 Å². The lowest BCUT2D eigenvalue weighted by molar-refractivity contribution is -0.146. The molecule has 0 spiro atoms. The molecule has 0 bridgehead atoms. The SMILES string of the molecule is CC(C)(C)OC(=O)NC(C(=O)ON=C1C=C2CC[C@H]3[C@H](CC[C@]4(C)C(c5cccnc5)=CC[C@@H]34)[C@@]2(C)CC1)c1ccccc1. The maximum atomic E-state index is 13.3. The Morgan fingerprint density at radius 1 is 1.00 bits per heavy atom. The maximum absolute atomic E-state index is 13.3. The minimum absolute atomic E-state index is 0.134. The van der Waals surface area contributed by atoms with Gasteiger partial charge in [-0.1, -0.05) is 67.1 Å². The second-order valence-electron chi connectivity index (χ2n) is 14.5. The van der Waals surface area contributed by atoms with Gasteiger partial charge >= 0.3 is 12.1 Å². The molecule has 0 radical (unpaired) electrons. The zero-order chi connectivity index (χ0) is 31.1. The van der Waals surface area contributed by atoms with E-state index in [1.54, 1.807) is 32.9 Å². The van der Waals surface area contributed by atoms with Crippen LogP contribution in [0.15, 0.2) is 77.7 Å². The maximum Gasteiger partial charge on any atom is 0.408 e. The van der Waals surface area contributed by atoms with Crippen LogP contribution in [0.5, 0.6) is 0 Å². The van der Waals surface area contributed by atoms with E-state index in [0.29, 0.717) is 23.3 Å². The number of carbonyl (C=O) groups is 2. The Kier molecular flexibility index (Phi) is 8.02. The average molecular weight is 596 g/mol. The highest BCUT2D eigenvalue weighted by atomic mass is 16.7. The fourth-order valence-electron chi connectivity index (χ4n) is 8.69. The molecule has 0 aliphatic heterocycles. The number of ether oxygens (including phenoxy) is 1. The number of fused-ring (bicyclic) bond motifs is 5. The Morgan fingerprint density at radius 3 is 2.52 bits per heavy atom. The Hall–Kier alpha value is -3.74. The van der Waals surface area contributed by atoms with Crippen LogP contribution in [0.3, 0.4) is 0 Å². The molecule has 0 saturated heterocycles. The number of carbonyl (C=O) groups excluding carboxylic acids is 2. The molecule has 232 valence electrons. The Morgan fingerprint density at radius 2 is 1.80 bits per heavy atom. The third-order valence-corrected chi connectivity index (χ3v) is 10.8. The van der Waals surface area contributed by atoms with Gasteiger partial charge in [-0.15, -0.1) is 0 Å². The lowest BCUT2D eigenvalue weighted by Crippen LogP contribution is -2.49. The summed E-state index contributed by atoms with van der Waals surface area (Å²) in [6, 6.07) is 12.3. The average Bonchev–Trinajstić information content (AvgIpc) is 3.36. The summed E-state index contributed by atoms with van der Waals surface area (Å²) < 4.78 is 5.40. The first kappa shape index (κ1) is 30.3. The fourth-order valence-corrected chi connectivity index (χ4v) is 8.69. The van der Waals surface area contributed by atoms with Crippen LogP contribution in [0.25, 0.3) is 5.57 Å². The van der Waals surface area contributed by atoms with E-state index in [1.807, 2.05) is 30.6 Å². The molecule has 6 rings (SSSR count). The normalized spacial score (nSPS) is 31.0. The van der Waals surface area contributed by atoms with Gasteiger partial charge in [0.2, 0.25) is 0 Å². The molecule has 7 nitrogen and oxygen atoms in total. The van der Waals surface area contributed by atoms with Gasteiger partial charge in [0, 0.05) is 12.4 Å². The molecule has 1 unspecified atom stereocenters. The smallest absolute Gasteiger partial charge is 0.408 e. The van der Waals surface area contributed by atoms with Crippen molar-refractivity contribution >= 4 is 23.3 Å². The predicted molar refractivity (Wildman–Crippen MR) is 171 cm³/mol. The largest absolute Gasteiger partial charge is 0.444 e. The molecule has 44 heavy (non-hydrogen) atoms. The molecule has 4 aliphatic rings. The third-order valence-electron chi connectivity index (χ3n) is 10.8. The molecule has 6 atom stereocenters. The van der Waals surface area contributed by atoms with Crippen molar-refractivity contribution in [2.24, 2.45) is 33.7 Å². The molecule has 2 aromatic rings. The van der Waals surface area contributed by atoms with Gasteiger partial charge in [-0.3, -0.25) is 4.98 Å². The number of amides is 1. The number of allylic oxidation sites excluding steroid dienone is 4. The van der Waals surface area contributed by atoms with Crippen molar-refractivity contribution in [2.75, 3.05) is 0 Å². The van der Waals surface area contributed by atoms with Gasteiger partial charge < -0.3 is 14.9 Å². The summed E-state index contributed by atoms with van der Waals surface area (Å²) in [5, 5.41) is 7.00. The summed E-state index contributed by atoms with van der Waals surface area (Å²) >= 11 is 0. The molecule has 7 heteroatoms. The number of pyridine rings is 1. The predicted octanol–water partition coefficient (Wildman–Crippen LogP) is 8.20.